The van der Waals surface area contributed by atoms with Crippen molar-refractivity contribution >= 4 is 52.7 Å². The Bertz CT molecular complexity index is 575. The van der Waals surface area contributed by atoms with Crippen LogP contribution < -0.4 is 15.5 Å². The van der Waals surface area contributed by atoms with Crippen LogP contribution in [-0.2, 0) is 4.74 Å². The lowest BCUT2D eigenvalue weighted by molar-refractivity contribution is 0.141. The molecule has 1 aliphatic carbocycles. The standard InChI is InChI=1S/C15H22Cl3N5O2/c1-23(2)12-7-8-19-13(22-12)20-10-3-5-11(6-4-10)21-14(24)25-9-15(16,17)18/h7-8,10-11H,3-6,9H2,1-2H3,(H,21,24)(H,19,20,22). The lowest BCUT2D eigenvalue weighted by atomic mass is 9.91. The number of nitrogens with one attached hydrogen (secondary N) is 2. The second-order valence-electron chi connectivity index (χ2n) is 6.16. The summed E-state index contributed by atoms with van der Waals surface area (Å²) in [5.41, 5.74) is 0. The van der Waals surface area contributed by atoms with E-state index in [9.17, 15) is 4.79 Å². The number of alkyl halides is 3. The first-order valence-corrected chi connectivity index (χ1v) is 9.13. The molecule has 10 heteroatoms. The number of alkyl carbamates (subject to hydrolysis) is 1. The van der Waals surface area contributed by atoms with E-state index in [0.29, 0.717) is 5.95 Å². The number of anilines is 2. The van der Waals surface area contributed by atoms with Gasteiger partial charge in [0.2, 0.25) is 9.74 Å². The van der Waals surface area contributed by atoms with E-state index in [0.717, 1.165) is 31.5 Å². The maximum absolute atomic E-state index is 11.7. The van der Waals surface area contributed by atoms with Crippen LogP contribution in [0.3, 0.4) is 0 Å². The van der Waals surface area contributed by atoms with E-state index in [1.54, 1.807) is 6.20 Å². The molecule has 2 rings (SSSR count). The van der Waals surface area contributed by atoms with E-state index < -0.39 is 9.89 Å². The molecule has 140 valence electrons. The van der Waals surface area contributed by atoms with E-state index in [2.05, 4.69) is 20.6 Å². The second kappa shape index (κ2) is 8.96. The highest BCUT2D eigenvalue weighted by molar-refractivity contribution is 6.67. The number of hydrogen-bond donors (Lipinski definition) is 2. The molecule has 1 fully saturated rings. The lowest BCUT2D eigenvalue weighted by Gasteiger charge is -2.29. The number of rotatable bonds is 5. The SMILES string of the molecule is CN(C)c1ccnc(NC2CCC(NC(=O)OCC(Cl)(Cl)Cl)CC2)n1. The van der Waals surface area contributed by atoms with Gasteiger partial charge in [0.15, 0.2) is 0 Å². The zero-order valence-corrected chi connectivity index (χ0v) is 16.4. The molecule has 1 aliphatic rings. The molecular formula is C15H22Cl3N5O2. The van der Waals surface area contributed by atoms with Crippen molar-refractivity contribution in [3.8, 4) is 0 Å². The molecule has 1 aromatic rings. The summed E-state index contributed by atoms with van der Waals surface area (Å²) in [6, 6.07) is 2.18. The van der Waals surface area contributed by atoms with Gasteiger partial charge in [-0.1, -0.05) is 34.8 Å². The Morgan fingerprint density at radius 3 is 2.52 bits per heavy atom. The van der Waals surface area contributed by atoms with Gasteiger partial charge in [-0.05, 0) is 31.7 Å². The topological polar surface area (TPSA) is 79.4 Å². The van der Waals surface area contributed by atoms with Crippen LogP contribution in [-0.4, -0.2) is 52.6 Å². The number of nitrogens with zero attached hydrogens (tertiary/aromatic N) is 3. The number of aromatic nitrogens is 2. The third kappa shape index (κ3) is 7.30. The summed E-state index contributed by atoms with van der Waals surface area (Å²) in [7, 11) is 3.87. The second-order valence-corrected chi connectivity index (χ2v) is 8.68. The zero-order valence-electron chi connectivity index (χ0n) is 14.1. The first kappa shape index (κ1) is 20.1. The fourth-order valence-electron chi connectivity index (χ4n) is 2.59. The van der Waals surface area contributed by atoms with Gasteiger partial charge in [-0.3, -0.25) is 0 Å². The molecule has 0 bridgehead atoms. The first-order chi connectivity index (χ1) is 11.7. The molecule has 1 aromatic heterocycles. The van der Waals surface area contributed by atoms with E-state index >= 15 is 0 Å². The highest BCUT2D eigenvalue weighted by Crippen LogP contribution is 2.26. The molecule has 7 nitrogen and oxygen atoms in total. The molecule has 0 aliphatic heterocycles. The molecule has 0 aromatic carbocycles. The van der Waals surface area contributed by atoms with Crippen molar-refractivity contribution in [2.75, 3.05) is 30.9 Å². The Kier molecular flexibility index (Phi) is 7.22. The molecule has 1 saturated carbocycles. The van der Waals surface area contributed by atoms with Crippen molar-refractivity contribution < 1.29 is 9.53 Å². The van der Waals surface area contributed by atoms with Crippen molar-refractivity contribution in [1.29, 1.82) is 0 Å². The van der Waals surface area contributed by atoms with Crippen LogP contribution in [0.5, 0.6) is 0 Å². The van der Waals surface area contributed by atoms with E-state index in [1.807, 2.05) is 25.1 Å². The lowest BCUT2D eigenvalue weighted by Crippen LogP contribution is -2.41. The van der Waals surface area contributed by atoms with Crippen LogP contribution in [0.15, 0.2) is 12.3 Å². The maximum atomic E-state index is 11.7. The summed E-state index contributed by atoms with van der Waals surface area (Å²) in [6.45, 7) is -0.278. The van der Waals surface area contributed by atoms with Gasteiger partial charge in [0.25, 0.3) is 0 Å². The van der Waals surface area contributed by atoms with Crippen LogP contribution in [0.1, 0.15) is 25.7 Å². The summed E-state index contributed by atoms with van der Waals surface area (Å²) >= 11 is 16.6. The van der Waals surface area contributed by atoms with Crippen molar-refractivity contribution in [1.82, 2.24) is 15.3 Å². The number of carbonyl (C=O) groups excluding carboxylic acids is 1. The van der Waals surface area contributed by atoms with Gasteiger partial charge in [0.05, 0.1) is 0 Å². The first-order valence-electron chi connectivity index (χ1n) is 8.00. The van der Waals surface area contributed by atoms with Gasteiger partial charge >= 0.3 is 6.09 Å². The van der Waals surface area contributed by atoms with Crippen molar-refractivity contribution in [2.24, 2.45) is 0 Å². The molecule has 1 amide bonds. The van der Waals surface area contributed by atoms with Crippen molar-refractivity contribution in [3.05, 3.63) is 12.3 Å². The average molecular weight is 411 g/mol. The van der Waals surface area contributed by atoms with E-state index in [-0.39, 0.29) is 18.7 Å². The van der Waals surface area contributed by atoms with Crippen LogP contribution in [0.4, 0.5) is 16.6 Å². The molecule has 1 heterocycles. The predicted molar refractivity (Wildman–Crippen MR) is 101 cm³/mol. The quantitative estimate of drug-likeness (QED) is 0.725. The van der Waals surface area contributed by atoms with Crippen molar-refractivity contribution in [2.45, 2.75) is 41.6 Å². The van der Waals surface area contributed by atoms with Gasteiger partial charge in [-0.2, -0.15) is 4.98 Å². The van der Waals surface area contributed by atoms with Crippen LogP contribution in [0.2, 0.25) is 0 Å². The van der Waals surface area contributed by atoms with Crippen LogP contribution in [0, 0.1) is 0 Å². The minimum Gasteiger partial charge on any atom is -0.445 e. The molecule has 25 heavy (non-hydrogen) atoms. The third-order valence-corrected chi connectivity index (χ3v) is 4.18. The monoisotopic (exact) mass is 409 g/mol. The summed E-state index contributed by atoms with van der Waals surface area (Å²) < 4.78 is 3.28. The van der Waals surface area contributed by atoms with E-state index in [1.165, 1.54) is 0 Å². The maximum Gasteiger partial charge on any atom is 0.407 e. The molecule has 2 N–H and O–H groups in total. The van der Waals surface area contributed by atoms with Crippen LogP contribution in [0.25, 0.3) is 0 Å². The Labute approximate surface area is 162 Å². The highest BCUT2D eigenvalue weighted by atomic mass is 35.6. The fraction of sp³-hybridized carbons (Fsp3) is 0.667. The largest absolute Gasteiger partial charge is 0.445 e. The van der Waals surface area contributed by atoms with Gasteiger partial charge in [0, 0.05) is 32.4 Å². The molecular weight excluding hydrogens is 389 g/mol. The predicted octanol–water partition coefficient (Wildman–Crippen LogP) is 3.36. The number of amides is 1. The Morgan fingerprint density at radius 2 is 1.92 bits per heavy atom. The van der Waals surface area contributed by atoms with Gasteiger partial charge in [0.1, 0.15) is 12.4 Å². The number of hydrogen-bond acceptors (Lipinski definition) is 6. The molecule has 0 unspecified atom stereocenters. The zero-order chi connectivity index (χ0) is 18.4. The summed E-state index contributed by atoms with van der Waals surface area (Å²) in [5.74, 6) is 1.47. The number of carbonyl (C=O) groups is 1. The smallest absolute Gasteiger partial charge is 0.407 e. The molecule has 0 saturated heterocycles. The average Bonchev–Trinajstić information content (AvgIpc) is 2.54. The summed E-state index contributed by atoms with van der Waals surface area (Å²) in [5, 5.41) is 6.15. The highest BCUT2D eigenvalue weighted by Gasteiger charge is 2.26. The number of ether oxygens (including phenoxy) is 1. The molecule has 0 radical (unpaired) electrons. The molecule has 0 atom stereocenters. The minimum atomic E-state index is -1.60. The van der Waals surface area contributed by atoms with Gasteiger partial charge in [-0.15, -0.1) is 0 Å². The van der Waals surface area contributed by atoms with Gasteiger partial charge in [-0.25, -0.2) is 9.78 Å². The van der Waals surface area contributed by atoms with E-state index in [4.69, 9.17) is 39.5 Å². The molecule has 0 spiro atoms. The Morgan fingerprint density at radius 1 is 1.28 bits per heavy atom. The Balaban J connectivity index is 1.74. The van der Waals surface area contributed by atoms with Crippen LogP contribution >= 0.6 is 34.8 Å². The van der Waals surface area contributed by atoms with Gasteiger partial charge < -0.3 is 20.3 Å². The summed E-state index contributed by atoms with van der Waals surface area (Å²) in [6.07, 6.45) is 4.61. The summed E-state index contributed by atoms with van der Waals surface area (Å²) in [4.78, 5) is 22.3. The normalized spacial score (nSPS) is 20.7. The van der Waals surface area contributed by atoms with Crippen molar-refractivity contribution in [3.63, 3.8) is 0 Å². The fourth-order valence-corrected chi connectivity index (χ4v) is 2.75. The number of halogens is 3. The third-order valence-electron chi connectivity index (χ3n) is 3.85. The Hall–Kier alpha value is -1.18. The minimum absolute atomic E-state index is 0.0509.